The molecule has 10 heavy (non-hydrogen) atoms. The summed E-state index contributed by atoms with van der Waals surface area (Å²) < 4.78 is 0. The molecule has 0 aromatic carbocycles. The lowest BCUT2D eigenvalue weighted by Crippen LogP contribution is -1.89. The number of pyridine rings is 1. The van der Waals surface area contributed by atoms with E-state index in [2.05, 4.69) is 16.2 Å². The molecule has 2 nitrogen and oxygen atoms in total. The molecule has 0 fully saturated rings. The van der Waals surface area contributed by atoms with Gasteiger partial charge in [0, 0.05) is 18.9 Å². The lowest BCUT2D eigenvalue weighted by atomic mass is 10.3. The van der Waals surface area contributed by atoms with Crippen LogP contribution in [0.15, 0.2) is 18.3 Å². The van der Waals surface area contributed by atoms with E-state index < -0.39 is 0 Å². The summed E-state index contributed by atoms with van der Waals surface area (Å²) in [6, 6.07) is 3.68. The number of terminal acetylenes is 1. The second-order valence-corrected chi connectivity index (χ2v) is 1.82. The van der Waals surface area contributed by atoms with Gasteiger partial charge in [-0.3, -0.25) is 0 Å². The molecule has 1 N–H and O–H groups in total. The van der Waals surface area contributed by atoms with Crippen LogP contribution in [-0.2, 0) is 0 Å². The van der Waals surface area contributed by atoms with Crippen LogP contribution < -0.4 is 5.32 Å². The number of rotatable bonds is 1. The van der Waals surface area contributed by atoms with Crippen molar-refractivity contribution in [2.45, 2.75) is 0 Å². The van der Waals surface area contributed by atoms with E-state index in [4.69, 9.17) is 6.42 Å². The zero-order valence-corrected chi connectivity index (χ0v) is 5.76. The first kappa shape index (κ1) is 6.63. The van der Waals surface area contributed by atoms with Crippen molar-refractivity contribution in [2.75, 3.05) is 12.4 Å². The topological polar surface area (TPSA) is 24.9 Å². The quantitative estimate of drug-likeness (QED) is 0.579. The summed E-state index contributed by atoms with van der Waals surface area (Å²) in [5, 5.41) is 2.97. The van der Waals surface area contributed by atoms with Crippen LogP contribution in [0, 0.1) is 12.3 Å². The van der Waals surface area contributed by atoms with Gasteiger partial charge in [-0.2, -0.15) is 0 Å². The highest BCUT2D eigenvalue weighted by atomic mass is 14.8. The Morgan fingerprint density at radius 3 is 3.10 bits per heavy atom. The molecule has 0 saturated carbocycles. The third kappa shape index (κ3) is 1.26. The number of nitrogens with zero attached hydrogens (tertiary/aromatic N) is 1. The molecule has 0 unspecified atom stereocenters. The van der Waals surface area contributed by atoms with E-state index in [1.54, 1.807) is 6.20 Å². The van der Waals surface area contributed by atoms with Gasteiger partial charge in [-0.05, 0) is 12.1 Å². The zero-order chi connectivity index (χ0) is 7.40. The van der Waals surface area contributed by atoms with Crippen LogP contribution >= 0.6 is 0 Å². The summed E-state index contributed by atoms with van der Waals surface area (Å²) in [5.74, 6) is 2.45. The first-order chi connectivity index (χ1) is 4.86. The Kier molecular flexibility index (Phi) is 1.91. The molecule has 0 atom stereocenters. The molecule has 0 amide bonds. The van der Waals surface area contributed by atoms with E-state index in [-0.39, 0.29) is 0 Å². The lowest BCUT2D eigenvalue weighted by molar-refractivity contribution is 1.28. The van der Waals surface area contributed by atoms with E-state index >= 15 is 0 Å². The number of hydrogen-bond donors (Lipinski definition) is 1. The molecule has 0 radical (unpaired) electrons. The fourth-order valence-corrected chi connectivity index (χ4v) is 0.665. The average Bonchev–Trinajstić information content (AvgIpc) is 2.05. The SMILES string of the molecule is C#Cc1cc(NC)ccn1. The summed E-state index contributed by atoms with van der Waals surface area (Å²) >= 11 is 0. The van der Waals surface area contributed by atoms with E-state index in [9.17, 15) is 0 Å². The second kappa shape index (κ2) is 2.88. The predicted octanol–water partition coefficient (Wildman–Crippen LogP) is 1.10. The van der Waals surface area contributed by atoms with E-state index in [1.807, 2.05) is 19.2 Å². The first-order valence-electron chi connectivity index (χ1n) is 2.97. The average molecular weight is 132 g/mol. The Bertz CT molecular complexity index is 260. The molecule has 0 aliphatic carbocycles. The summed E-state index contributed by atoms with van der Waals surface area (Å²) in [7, 11) is 1.84. The number of nitrogens with one attached hydrogen (secondary N) is 1. The van der Waals surface area contributed by atoms with Gasteiger partial charge in [-0.15, -0.1) is 6.42 Å². The third-order valence-corrected chi connectivity index (χ3v) is 1.20. The van der Waals surface area contributed by atoms with Gasteiger partial charge in [0.2, 0.25) is 0 Å². The number of anilines is 1. The van der Waals surface area contributed by atoms with Gasteiger partial charge in [0.15, 0.2) is 0 Å². The molecule has 0 bridgehead atoms. The summed E-state index contributed by atoms with van der Waals surface area (Å²) in [6.45, 7) is 0. The van der Waals surface area contributed by atoms with E-state index in [0.717, 1.165) is 5.69 Å². The maximum atomic E-state index is 5.13. The highest BCUT2D eigenvalue weighted by molar-refractivity contribution is 5.45. The highest BCUT2D eigenvalue weighted by Crippen LogP contribution is 2.04. The molecular weight excluding hydrogens is 124 g/mol. The Hall–Kier alpha value is -1.49. The van der Waals surface area contributed by atoms with Crippen molar-refractivity contribution in [2.24, 2.45) is 0 Å². The van der Waals surface area contributed by atoms with E-state index in [0.29, 0.717) is 5.69 Å². The molecule has 0 saturated heterocycles. The Morgan fingerprint density at radius 2 is 2.50 bits per heavy atom. The molecule has 0 aliphatic heterocycles. The molecule has 1 rings (SSSR count). The Balaban J connectivity index is 3.01. The van der Waals surface area contributed by atoms with Crippen molar-refractivity contribution in [3.8, 4) is 12.3 Å². The van der Waals surface area contributed by atoms with Crippen LogP contribution in [0.2, 0.25) is 0 Å². The largest absolute Gasteiger partial charge is 0.388 e. The molecule has 2 heteroatoms. The molecule has 1 heterocycles. The first-order valence-corrected chi connectivity index (χ1v) is 2.97. The lowest BCUT2D eigenvalue weighted by Gasteiger charge is -1.97. The van der Waals surface area contributed by atoms with Crippen molar-refractivity contribution in [1.82, 2.24) is 4.98 Å². The Morgan fingerprint density at radius 1 is 1.70 bits per heavy atom. The minimum absolute atomic E-state index is 0.659. The van der Waals surface area contributed by atoms with Gasteiger partial charge >= 0.3 is 0 Å². The van der Waals surface area contributed by atoms with Gasteiger partial charge in [0.1, 0.15) is 5.69 Å². The molecule has 1 aromatic rings. The third-order valence-electron chi connectivity index (χ3n) is 1.20. The van der Waals surface area contributed by atoms with Crippen LogP contribution in [0.4, 0.5) is 5.69 Å². The van der Waals surface area contributed by atoms with Crippen molar-refractivity contribution in [3.05, 3.63) is 24.0 Å². The van der Waals surface area contributed by atoms with Gasteiger partial charge in [0.05, 0.1) is 0 Å². The minimum Gasteiger partial charge on any atom is -0.388 e. The van der Waals surface area contributed by atoms with Gasteiger partial charge in [-0.25, -0.2) is 4.98 Å². The van der Waals surface area contributed by atoms with Crippen molar-refractivity contribution in [3.63, 3.8) is 0 Å². The fourth-order valence-electron chi connectivity index (χ4n) is 0.665. The predicted molar refractivity (Wildman–Crippen MR) is 41.7 cm³/mol. The second-order valence-electron chi connectivity index (χ2n) is 1.82. The van der Waals surface area contributed by atoms with Crippen LogP contribution in [0.25, 0.3) is 0 Å². The van der Waals surface area contributed by atoms with Gasteiger partial charge in [0.25, 0.3) is 0 Å². The van der Waals surface area contributed by atoms with Gasteiger partial charge in [-0.1, -0.05) is 5.92 Å². The summed E-state index contributed by atoms with van der Waals surface area (Å²) in [6.07, 6.45) is 6.81. The maximum Gasteiger partial charge on any atom is 0.114 e. The van der Waals surface area contributed by atoms with E-state index in [1.165, 1.54) is 0 Å². The van der Waals surface area contributed by atoms with Crippen LogP contribution in [0.1, 0.15) is 5.69 Å². The normalized spacial score (nSPS) is 8.40. The molecule has 0 aliphatic rings. The Labute approximate surface area is 60.3 Å². The smallest absolute Gasteiger partial charge is 0.114 e. The number of aromatic nitrogens is 1. The summed E-state index contributed by atoms with van der Waals surface area (Å²) in [4.78, 5) is 3.93. The monoisotopic (exact) mass is 132 g/mol. The molecule has 1 aromatic heterocycles. The molecule has 50 valence electrons. The minimum atomic E-state index is 0.659. The fraction of sp³-hybridized carbons (Fsp3) is 0.125. The van der Waals surface area contributed by atoms with Crippen molar-refractivity contribution >= 4 is 5.69 Å². The van der Waals surface area contributed by atoms with Crippen molar-refractivity contribution < 1.29 is 0 Å². The highest BCUT2D eigenvalue weighted by Gasteiger charge is 1.88. The van der Waals surface area contributed by atoms with Crippen LogP contribution in [0.3, 0.4) is 0 Å². The standard InChI is InChI=1S/C8H8N2/c1-3-7-6-8(9-2)4-5-10-7/h1,4-6H,2H3,(H,9,10). The number of hydrogen-bond acceptors (Lipinski definition) is 2. The van der Waals surface area contributed by atoms with Crippen LogP contribution in [-0.4, -0.2) is 12.0 Å². The maximum absolute atomic E-state index is 5.13. The molecule has 0 spiro atoms. The van der Waals surface area contributed by atoms with Crippen LogP contribution in [0.5, 0.6) is 0 Å². The van der Waals surface area contributed by atoms with Gasteiger partial charge < -0.3 is 5.32 Å². The summed E-state index contributed by atoms with van der Waals surface area (Å²) in [5.41, 5.74) is 1.65. The van der Waals surface area contributed by atoms with Crippen molar-refractivity contribution in [1.29, 1.82) is 0 Å². The zero-order valence-electron chi connectivity index (χ0n) is 5.76. The molecular formula is C8H8N2.